The van der Waals surface area contributed by atoms with Gasteiger partial charge in [-0.15, -0.1) is 0 Å². The van der Waals surface area contributed by atoms with Crippen LogP contribution in [0.15, 0.2) is 41.4 Å². The number of nitrogen functional groups attached to an aromatic ring is 1. The van der Waals surface area contributed by atoms with Crippen molar-refractivity contribution in [2.75, 3.05) is 12.8 Å². The number of nitrogens with zero attached hydrogens (tertiary/aromatic N) is 2. The summed E-state index contributed by atoms with van der Waals surface area (Å²) in [5.41, 5.74) is 7.57. The van der Waals surface area contributed by atoms with E-state index in [-0.39, 0.29) is 16.5 Å². The van der Waals surface area contributed by atoms with Crippen LogP contribution in [-0.4, -0.2) is 24.8 Å². The van der Waals surface area contributed by atoms with Crippen molar-refractivity contribution in [2.24, 2.45) is 0 Å². The van der Waals surface area contributed by atoms with Crippen molar-refractivity contribution in [3.8, 4) is 0 Å². The number of benzene rings is 1. The van der Waals surface area contributed by atoms with Gasteiger partial charge < -0.3 is 5.73 Å². The van der Waals surface area contributed by atoms with Crippen molar-refractivity contribution in [1.29, 1.82) is 0 Å². The number of hydrogen-bond acceptors (Lipinski definition) is 4. The van der Waals surface area contributed by atoms with Crippen molar-refractivity contribution < 1.29 is 8.42 Å². The van der Waals surface area contributed by atoms with E-state index < -0.39 is 10.0 Å². The summed E-state index contributed by atoms with van der Waals surface area (Å²) in [5, 5.41) is 0.162. The van der Waals surface area contributed by atoms with Crippen molar-refractivity contribution in [2.45, 2.75) is 18.4 Å². The van der Waals surface area contributed by atoms with Crippen LogP contribution in [0.4, 0.5) is 5.69 Å². The molecule has 21 heavy (non-hydrogen) atoms. The molecular formula is C14H16ClN3O2S. The summed E-state index contributed by atoms with van der Waals surface area (Å²) in [7, 11) is -2.24. The average Bonchev–Trinajstić information content (AvgIpc) is 2.43. The Morgan fingerprint density at radius 1 is 1.33 bits per heavy atom. The van der Waals surface area contributed by atoms with E-state index in [2.05, 4.69) is 4.98 Å². The Bertz CT molecular complexity index is 748. The van der Waals surface area contributed by atoms with Crippen LogP contribution >= 0.6 is 11.6 Å². The first-order chi connectivity index (χ1) is 9.82. The molecule has 2 rings (SSSR count). The topological polar surface area (TPSA) is 76.3 Å². The SMILES string of the molecule is Cc1cc(Cl)c(S(=O)(=O)N(C)Cc2ccccn2)cc1N. The van der Waals surface area contributed by atoms with Gasteiger partial charge >= 0.3 is 0 Å². The van der Waals surface area contributed by atoms with Gasteiger partial charge in [0.05, 0.1) is 17.3 Å². The van der Waals surface area contributed by atoms with Gasteiger partial charge in [0.1, 0.15) is 4.90 Å². The maximum Gasteiger partial charge on any atom is 0.244 e. The lowest BCUT2D eigenvalue weighted by Gasteiger charge is -2.18. The first-order valence-electron chi connectivity index (χ1n) is 6.24. The molecule has 0 atom stereocenters. The molecule has 0 bridgehead atoms. The molecule has 2 N–H and O–H groups in total. The molecule has 0 unspecified atom stereocenters. The second-order valence-corrected chi connectivity index (χ2v) is 7.14. The lowest BCUT2D eigenvalue weighted by atomic mass is 10.2. The maximum absolute atomic E-state index is 12.6. The lowest BCUT2D eigenvalue weighted by Crippen LogP contribution is -2.27. The van der Waals surface area contributed by atoms with Gasteiger partial charge in [-0.1, -0.05) is 17.7 Å². The van der Waals surface area contributed by atoms with E-state index in [4.69, 9.17) is 17.3 Å². The third-order valence-corrected chi connectivity index (χ3v) is 5.39. The molecule has 0 aliphatic heterocycles. The lowest BCUT2D eigenvalue weighted by molar-refractivity contribution is 0.462. The Labute approximate surface area is 129 Å². The summed E-state index contributed by atoms with van der Waals surface area (Å²) in [6, 6.07) is 8.28. The number of halogens is 1. The summed E-state index contributed by atoms with van der Waals surface area (Å²) in [6.07, 6.45) is 1.62. The van der Waals surface area contributed by atoms with E-state index >= 15 is 0 Å². The van der Waals surface area contributed by atoms with Crippen LogP contribution < -0.4 is 5.73 Å². The fourth-order valence-corrected chi connectivity index (χ4v) is 3.57. The van der Waals surface area contributed by atoms with Crippen molar-refractivity contribution >= 4 is 27.3 Å². The average molecular weight is 326 g/mol. The predicted octanol–water partition coefficient (Wildman–Crippen LogP) is 2.45. The van der Waals surface area contributed by atoms with E-state index in [0.29, 0.717) is 11.4 Å². The number of aryl methyl sites for hydroxylation is 1. The first kappa shape index (κ1) is 15.8. The standard InChI is InChI=1S/C14H16ClN3O2S/c1-10-7-12(15)14(8-13(10)16)21(19,20)18(2)9-11-5-3-4-6-17-11/h3-8H,9,16H2,1-2H3. The molecule has 0 aliphatic carbocycles. The van der Waals surface area contributed by atoms with E-state index in [0.717, 1.165) is 5.56 Å². The molecule has 0 aliphatic rings. The van der Waals surface area contributed by atoms with Crippen molar-refractivity contribution in [3.05, 3.63) is 52.8 Å². The molecule has 7 heteroatoms. The summed E-state index contributed by atoms with van der Waals surface area (Å²) in [6.45, 7) is 1.93. The van der Waals surface area contributed by atoms with Gasteiger partial charge in [-0.3, -0.25) is 4.98 Å². The van der Waals surface area contributed by atoms with Gasteiger partial charge in [-0.25, -0.2) is 8.42 Å². The van der Waals surface area contributed by atoms with E-state index in [1.807, 2.05) is 0 Å². The first-order valence-corrected chi connectivity index (χ1v) is 8.06. The molecule has 0 fully saturated rings. The minimum Gasteiger partial charge on any atom is -0.398 e. The highest BCUT2D eigenvalue weighted by Gasteiger charge is 2.24. The van der Waals surface area contributed by atoms with Crippen LogP contribution in [0, 0.1) is 6.92 Å². The smallest absolute Gasteiger partial charge is 0.244 e. The number of rotatable bonds is 4. The second kappa shape index (κ2) is 6.01. The molecule has 1 aromatic heterocycles. The Hall–Kier alpha value is -1.63. The van der Waals surface area contributed by atoms with E-state index in [1.165, 1.54) is 17.4 Å². The second-order valence-electron chi connectivity index (χ2n) is 4.72. The highest BCUT2D eigenvalue weighted by Crippen LogP contribution is 2.29. The summed E-state index contributed by atoms with van der Waals surface area (Å²) >= 11 is 6.06. The van der Waals surface area contributed by atoms with Crippen LogP contribution in [0.2, 0.25) is 5.02 Å². The number of aromatic nitrogens is 1. The monoisotopic (exact) mass is 325 g/mol. The Morgan fingerprint density at radius 2 is 2.05 bits per heavy atom. The molecule has 5 nitrogen and oxygen atoms in total. The maximum atomic E-state index is 12.6. The van der Waals surface area contributed by atoms with Crippen LogP contribution in [-0.2, 0) is 16.6 Å². The third-order valence-electron chi connectivity index (χ3n) is 3.12. The summed E-state index contributed by atoms with van der Waals surface area (Å²) < 4.78 is 26.4. The van der Waals surface area contributed by atoms with Crippen LogP contribution in [0.3, 0.4) is 0 Å². The molecule has 1 heterocycles. The quantitative estimate of drug-likeness (QED) is 0.876. The number of nitrogens with two attached hydrogens (primary N) is 1. The highest BCUT2D eigenvalue weighted by molar-refractivity contribution is 7.89. The highest BCUT2D eigenvalue weighted by atomic mass is 35.5. The van der Waals surface area contributed by atoms with Crippen molar-refractivity contribution in [1.82, 2.24) is 9.29 Å². The predicted molar refractivity (Wildman–Crippen MR) is 83.5 cm³/mol. The molecule has 2 aromatic rings. The van der Waals surface area contributed by atoms with Crippen molar-refractivity contribution in [3.63, 3.8) is 0 Å². The fraction of sp³-hybridized carbons (Fsp3) is 0.214. The Balaban J connectivity index is 2.36. The molecule has 0 radical (unpaired) electrons. The Kier molecular flexibility index (Phi) is 4.51. The zero-order valence-electron chi connectivity index (χ0n) is 11.7. The minimum atomic E-state index is -3.73. The van der Waals surface area contributed by atoms with Gasteiger partial charge in [-0.2, -0.15) is 4.31 Å². The zero-order chi connectivity index (χ0) is 15.6. The zero-order valence-corrected chi connectivity index (χ0v) is 13.3. The van der Waals surface area contributed by atoms with Crippen LogP contribution in [0.1, 0.15) is 11.3 Å². The van der Waals surface area contributed by atoms with Gasteiger partial charge in [0.25, 0.3) is 0 Å². The number of pyridine rings is 1. The Morgan fingerprint density at radius 3 is 2.67 bits per heavy atom. The number of anilines is 1. The van der Waals surface area contributed by atoms with Gasteiger partial charge in [0.15, 0.2) is 0 Å². The molecule has 0 saturated heterocycles. The van der Waals surface area contributed by atoms with Gasteiger partial charge in [0, 0.05) is 18.9 Å². The molecule has 1 aromatic carbocycles. The largest absolute Gasteiger partial charge is 0.398 e. The van der Waals surface area contributed by atoms with Crippen LogP contribution in [0.5, 0.6) is 0 Å². The molecular weight excluding hydrogens is 310 g/mol. The normalized spacial score (nSPS) is 11.8. The number of hydrogen-bond donors (Lipinski definition) is 1. The molecule has 112 valence electrons. The summed E-state index contributed by atoms with van der Waals surface area (Å²) in [5.74, 6) is 0. The molecule has 0 spiro atoms. The van der Waals surface area contributed by atoms with Gasteiger partial charge in [0.2, 0.25) is 10.0 Å². The fourth-order valence-electron chi connectivity index (χ4n) is 1.84. The van der Waals surface area contributed by atoms with E-state index in [1.54, 1.807) is 37.4 Å². The van der Waals surface area contributed by atoms with E-state index in [9.17, 15) is 8.42 Å². The summed E-state index contributed by atoms with van der Waals surface area (Å²) in [4.78, 5) is 4.12. The third kappa shape index (κ3) is 3.34. The van der Waals surface area contributed by atoms with Gasteiger partial charge in [-0.05, 0) is 36.8 Å². The minimum absolute atomic E-state index is 0.00528. The van der Waals surface area contributed by atoms with Crippen LogP contribution in [0.25, 0.3) is 0 Å². The number of sulfonamides is 1. The molecule has 0 saturated carbocycles. The molecule has 0 amide bonds.